The van der Waals surface area contributed by atoms with E-state index in [0.717, 1.165) is 17.4 Å². The van der Waals surface area contributed by atoms with Crippen LogP contribution >= 0.6 is 0 Å². The minimum atomic E-state index is -0.548. The van der Waals surface area contributed by atoms with Gasteiger partial charge in [-0.25, -0.2) is 0 Å². The maximum absolute atomic E-state index is 11.5. The molecule has 0 radical (unpaired) electrons. The van der Waals surface area contributed by atoms with Crippen molar-refractivity contribution in [3.05, 3.63) is 96.3 Å². The molecule has 3 rings (SSSR count). The fourth-order valence-corrected chi connectivity index (χ4v) is 3.12. The molecule has 0 spiro atoms. The summed E-state index contributed by atoms with van der Waals surface area (Å²) in [7, 11) is 0. The summed E-state index contributed by atoms with van der Waals surface area (Å²) in [6.07, 6.45) is 2.39. The lowest BCUT2D eigenvalue weighted by Gasteiger charge is -2.36. The molecule has 5 nitrogen and oxygen atoms in total. The summed E-state index contributed by atoms with van der Waals surface area (Å²) in [5.74, 6) is 0. The van der Waals surface area contributed by atoms with Crippen LogP contribution in [0.15, 0.2) is 85.2 Å². The third kappa shape index (κ3) is 6.12. The van der Waals surface area contributed by atoms with Crippen LogP contribution in [0.4, 0.5) is 0 Å². The smallest absolute Gasteiger partial charge is 0.151 e. The third-order valence-corrected chi connectivity index (χ3v) is 4.58. The maximum Gasteiger partial charge on any atom is 0.151 e. The van der Waals surface area contributed by atoms with Crippen molar-refractivity contribution in [3.63, 3.8) is 0 Å². The van der Waals surface area contributed by atoms with E-state index in [1.807, 2.05) is 60.7 Å². The zero-order valence-corrected chi connectivity index (χ0v) is 16.3. The van der Waals surface area contributed by atoms with Crippen LogP contribution in [0, 0.1) is 0 Å². The molecule has 1 aliphatic rings. The Bertz CT molecular complexity index is 787. The summed E-state index contributed by atoms with van der Waals surface area (Å²) in [4.78, 5) is 11.5. The number of carbonyl (C=O) groups excluding carboxylic acids is 1. The molecule has 29 heavy (non-hydrogen) atoms. The topological polar surface area (TPSA) is 54.0 Å². The second-order valence-corrected chi connectivity index (χ2v) is 6.71. The fourth-order valence-electron chi connectivity index (χ4n) is 3.12. The van der Waals surface area contributed by atoms with Gasteiger partial charge in [0.1, 0.15) is 18.3 Å². The van der Waals surface area contributed by atoms with Crippen molar-refractivity contribution in [1.29, 1.82) is 0 Å². The molecule has 0 bridgehead atoms. The lowest BCUT2D eigenvalue weighted by atomic mass is 9.99. The Labute approximate surface area is 171 Å². The zero-order valence-electron chi connectivity index (χ0n) is 16.3. The largest absolute Gasteiger partial charge is 0.492 e. The monoisotopic (exact) mass is 394 g/mol. The summed E-state index contributed by atoms with van der Waals surface area (Å²) in [5.41, 5.74) is 2.51. The second-order valence-electron chi connectivity index (χ2n) is 6.71. The van der Waals surface area contributed by atoms with Gasteiger partial charge in [-0.1, -0.05) is 66.7 Å². The predicted octanol–water partition coefficient (Wildman–Crippen LogP) is 3.84. The van der Waals surface area contributed by atoms with Crippen LogP contribution in [0.1, 0.15) is 11.1 Å². The van der Waals surface area contributed by atoms with Gasteiger partial charge in [0, 0.05) is 0 Å². The average Bonchev–Trinajstić information content (AvgIpc) is 2.78. The van der Waals surface area contributed by atoms with Gasteiger partial charge in [-0.3, -0.25) is 4.79 Å². The molecule has 0 saturated carbocycles. The Kier molecular flexibility index (Phi) is 8.19. The maximum atomic E-state index is 11.5. The highest BCUT2D eigenvalue weighted by atomic mass is 16.6. The summed E-state index contributed by atoms with van der Waals surface area (Å²) >= 11 is 0. The number of aldehydes is 1. The molecular weight excluding hydrogens is 368 g/mol. The standard InChI is InChI=1S/C24H26O5/c1-2-13-27-23-21(14-25)17-28-22(18-26-15-19-9-5-3-6-10-19)24(23)29-16-20-11-7-4-8-12-20/h2-12,14,17,22-24H,1,13,15-16,18H2/t22-,23+,24-/m1/s1. The molecule has 0 aromatic heterocycles. The Morgan fingerprint density at radius 2 is 1.59 bits per heavy atom. The van der Waals surface area contributed by atoms with Crippen LogP contribution in [-0.2, 0) is 37.0 Å². The summed E-state index contributed by atoms with van der Waals surface area (Å²) in [6.45, 7) is 5.15. The van der Waals surface area contributed by atoms with Gasteiger partial charge in [0.15, 0.2) is 6.29 Å². The van der Waals surface area contributed by atoms with Crippen molar-refractivity contribution >= 4 is 6.29 Å². The van der Waals surface area contributed by atoms with Crippen molar-refractivity contribution < 1.29 is 23.7 Å². The molecule has 3 atom stereocenters. The van der Waals surface area contributed by atoms with E-state index in [-0.39, 0.29) is 0 Å². The van der Waals surface area contributed by atoms with Gasteiger partial charge in [-0.15, -0.1) is 6.58 Å². The number of benzene rings is 2. The number of rotatable bonds is 11. The second kappa shape index (κ2) is 11.3. The van der Waals surface area contributed by atoms with Crippen LogP contribution in [0.2, 0.25) is 0 Å². The summed E-state index contributed by atoms with van der Waals surface area (Å²) in [6, 6.07) is 19.8. The van der Waals surface area contributed by atoms with E-state index in [1.54, 1.807) is 6.08 Å². The minimum Gasteiger partial charge on any atom is -0.492 e. The fraction of sp³-hybridized carbons (Fsp3) is 0.292. The molecule has 0 amide bonds. The van der Waals surface area contributed by atoms with Crippen LogP contribution in [0.5, 0.6) is 0 Å². The van der Waals surface area contributed by atoms with Gasteiger partial charge >= 0.3 is 0 Å². The van der Waals surface area contributed by atoms with Crippen LogP contribution < -0.4 is 0 Å². The van der Waals surface area contributed by atoms with Crippen LogP contribution in [0.3, 0.4) is 0 Å². The van der Waals surface area contributed by atoms with Gasteiger partial charge in [0.25, 0.3) is 0 Å². The molecule has 152 valence electrons. The van der Waals surface area contributed by atoms with Gasteiger partial charge in [0.05, 0.1) is 38.3 Å². The molecule has 0 N–H and O–H groups in total. The summed E-state index contributed by atoms with van der Waals surface area (Å²) < 4.78 is 23.7. The van der Waals surface area contributed by atoms with Crippen molar-refractivity contribution in [2.45, 2.75) is 31.5 Å². The Morgan fingerprint density at radius 1 is 0.931 bits per heavy atom. The van der Waals surface area contributed by atoms with E-state index >= 15 is 0 Å². The molecule has 1 heterocycles. The highest BCUT2D eigenvalue weighted by Crippen LogP contribution is 2.25. The van der Waals surface area contributed by atoms with Crippen molar-refractivity contribution in [2.24, 2.45) is 0 Å². The highest BCUT2D eigenvalue weighted by Gasteiger charge is 2.38. The number of carbonyl (C=O) groups is 1. The van der Waals surface area contributed by atoms with E-state index in [0.29, 0.717) is 32.0 Å². The van der Waals surface area contributed by atoms with E-state index in [2.05, 4.69) is 6.58 Å². The van der Waals surface area contributed by atoms with E-state index in [4.69, 9.17) is 18.9 Å². The number of ether oxygens (including phenoxy) is 4. The SMILES string of the molecule is C=CCO[C@H]1C(C=O)=CO[C@H](COCc2ccccc2)[C@H]1OCc1ccccc1. The molecule has 0 saturated heterocycles. The van der Waals surface area contributed by atoms with E-state index in [1.165, 1.54) is 6.26 Å². The molecule has 0 aliphatic carbocycles. The molecule has 0 fully saturated rings. The van der Waals surface area contributed by atoms with Gasteiger partial charge in [0.2, 0.25) is 0 Å². The predicted molar refractivity (Wildman–Crippen MR) is 110 cm³/mol. The summed E-state index contributed by atoms with van der Waals surface area (Å²) in [5, 5.41) is 0. The zero-order chi connectivity index (χ0) is 20.3. The van der Waals surface area contributed by atoms with E-state index in [9.17, 15) is 4.79 Å². The normalized spacial score (nSPS) is 21.1. The average molecular weight is 394 g/mol. The first kappa shape index (κ1) is 21.0. The van der Waals surface area contributed by atoms with Crippen LogP contribution in [-0.4, -0.2) is 37.8 Å². The lowest BCUT2D eigenvalue weighted by Crippen LogP contribution is -2.48. The minimum absolute atomic E-state index is 0.304. The molecule has 0 unspecified atom stereocenters. The number of hydrogen-bond donors (Lipinski definition) is 0. The number of hydrogen-bond acceptors (Lipinski definition) is 5. The molecule has 2 aromatic carbocycles. The molecular formula is C24H26O5. The molecule has 5 heteroatoms. The van der Waals surface area contributed by atoms with Gasteiger partial charge < -0.3 is 18.9 Å². The molecule has 2 aromatic rings. The first-order valence-corrected chi connectivity index (χ1v) is 9.62. The van der Waals surface area contributed by atoms with E-state index < -0.39 is 18.3 Å². The van der Waals surface area contributed by atoms with Crippen LogP contribution in [0.25, 0.3) is 0 Å². The highest BCUT2D eigenvalue weighted by molar-refractivity contribution is 5.74. The quantitative estimate of drug-likeness (QED) is 0.428. The van der Waals surface area contributed by atoms with Crippen molar-refractivity contribution in [1.82, 2.24) is 0 Å². The van der Waals surface area contributed by atoms with Gasteiger partial charge in [-0.2, -0.15) is 0 Å². The van der Waals surface area contributed by atoms with Crippen molar-refractivity contribution in [3.8, 4) is 0 Å². The Morgan fingerprint density at radius 3 is 2.21 bits per heavy atom. The first-order chi connectivity index (χ1) is 14.3. The molecule has 1 aliphatic heterocycles. The first-order valence-electron chi connectivity index (χ1n) is 9.62. The Balaban J connectivity index is 1.69. The lowest BCUT2D eigenvalue weighted by molar-refractivity contribution is -0.148. The van der Waals surface area contributed by atoms with Gasteiger partial charge in [-0.05, 0) is 11.1 Å². The van der Waals surface area contributed by atoms with Crippen molar-refractivity contribution in [2.75, 3.05) is 13.2 Å². The third-order valence-electron chi connectivity index (χ3n) is 4.58. The Hall–Kier alpha value is -2.73.